The molecule has 1 aromatic rings. The standard InChI is InChI=1S/C17H25N3O3/c1-13(2)16(17(22)23)18-15(21)12-19-8-10-20(11-9-19)14-6-4-3-5-7-14/h3-7,13,16H,8-12H2,1-2H3,(H,18,21)(H,22,23). The molecule has 1 atom stereocenters. The predicted molar refractivity (Wildman–Crippen MR) is 89.5 cm³/mol. The Morgan fingerprint density at radius 2 is 1.74 bits per heavy atom. The second-order valence-electron chi connectivity index (χ2n) is 6.23. The lowest BCUT2D eigenvalue weighted by Gasteiger charge is -2.36. The number of hydrogen-bond donors (Lipinski definition) is 2. The lowest BCUT2D eigenvalue weighted by Crippen LogP contribution is -2.52. The third-order valence-electron chi connectivity index (χ3n) is 4.11. The number of piperazine rings is 1. The van der Waals surface area contributed by atoms with Crippen LogP contribution in [0, 0.1) is 5.92 Å². The maximum absolute atomic E-state index is 12.1. The fourth-order valence-electron chi connectivity index (χ4n) is 2.74. The van der Waals surface area contributed by atoms with Crippen molar-refractivity contribution in [2.45, 2.75) is 19.9 Å². The number of aliphatic carboxylic acids is 1. The molecule has 1 aromatic carbocycles. The van der Waals surface area contributed by atoms with Crippen molar-refractivity contribution in [3.8, 4) is 0 Å². The summed E-state index contributed by atoms with van der Waals surface area (Å²) in [4.78, 5) is 27.5. The first-order chi connectivity index (χ1) is 11.0. The summed E-state index contributed by atoms with van der Waals surface area (Å²) in [5, 5.41) is 11.7. The normalized spacial score (nSPS) is 17.1. The SMILES string of the molecule is CC(C)C(NC(=O)CN1CCN(c2ccccc2)CC1)C(=O)O. The molecule has 126 valence electrons. The molecule has 1 fully saturated rings. The van der Waals surface area contributed by atoms with Crippen molar-refractivity contribution in [2.24, 2.45) is 5.92 Å². The van der Waals surface area contributed by atoms with E-state index in [1.54, 1.807) is 13.8 Å². The number of carbonyl (C=O) groups is 2. The molecule has 0 aromatic heterocycles. The first-order valence-corrected chi connectivity index (χ1v) is 8.02. The van der Waals surface area contributed by atoms with Crippen LogP contribution >= 0.6 is 0 Å². The number of carbonyl (C=O) groups excluding carboxylic acids is 1. The second-order valence-corrected chi connectivity index (χ2v) is 6.23. The zero-order chi connectivity index (χ0) is 16.8. The predicted octanol–water partition coefficient (Wildman–Crippen LogP) is 1.03. The average Bonchev–Trinajstić information content (AvgIpc) is 2.53. The summed E-state index contributed by atoms with van der Waals surface area (Å²) < 4.78 is 0. The summed E-state index contributed by atoms with van der Waals surface area (Å²) in [5.41, 5.74) is 1.20. The van der Waals surface area contributed by atoms with Crippen LogP contribution in [0.4, 0.5) is 5.69 Å². The van der Waals surface area contributed by atoms with Crippen LogP contribution in [-0.4, -0.2) is 60.6 Å². The van der Waals surface area contributed by atoms with Crippen molar-refractivity contribution >= 4 is 17.6 Å². The number of nitrogens with zero attached hydrogens (tertiary/aromatic N) is 2. The third kappa shape index (κ3) is 4.96. The summed E-state index contributed by atoms with van der Waals surface area (Å²) in [7, 11) is 0. The number of carboxylic acid groups (broad SMARTS) is 1. The molecule has 0 saturated carbocycles. The van der Waals surface area contributed by atoms with Gasteiger partial charge >= 0.3 is 5.97 Å². The first-order valence-electron chi connectivity index (χ1n) is 8.02. The molecule has 2 rings (SSSR count). The van der Waals surface area contributed by atoms with E-state index in [-0.39, 0.29) is 18.4 Å². The third-order valence-corrected chi connectivity index (χ3v) is 4.11. The number of anilines is 1. The van der Waals surface area contributed by atoms with E-state index in [9.17, 15) is 9.59 Å². The van der Waals surface area contributed by atoms with Crippen molar-refractivity contribution < 1.29 is 14.7 Å². The fourth-order valence-corrected chi connectivity index (χ4v) is 2.74. The number of hydrogen-bond acceptors (Lipinski definition) is 4. The first kappa shape index (κ1) is 17.3. The Balaban J connectivity index is 1.80. The monoisotopic (exact) mass is 319 g/mol. The number of para-hydroxylation sites is 1. The molecule has 2 N–H and O–H groups in total. The van der Waals surface area contributed by atoms with Gasteiger partial charge in [0.05, 0.1) is 6.54 Å². The molecule has 0 spiro atoms. The van der Waals surface area contributed by atoms with Crippen LogP contribution in [0.2, 0.25) is 0 Å². The number of amides is 1. The van der Waals surface area contributed by atoms with Crippen LogP contribution in [0.5, 0.6) is 0 Å². The fraction of sp³-hybridized carbons (Fsp3) is 0.529. The van der Waals surface area contributed by atoms with Crippen molar-refractivity contribution in [2.75, 3.05) is 37.6 Å². The summed E-state index contributed by atoms with van der Waals surface area (Å²) in [5.74, 6) is -1.34. The van der Waals surface area contributed by atoms with Crippen LogP contribution in [0.25, 0.3) is 0 Å². The van der Waals surface area contributed by atoms with Crippen LogP contribution in [0.1, 0.15) is 13.8 Å². The molecule has 0 radical (unpaired) electrons. The Morgan fingerprint density at radius 1 is 1.13 bits per heavy atom. The average molecular weight is 319 g/mol. The van der Waals surface area contributed by atoms with E-state index in [2.05, 4.69) is 27.2 Å². The van der Waals surface area contributed by atoms with E-state index in [1.807, 2.05) is 18.2 Å². The lowest BCUT2D eigenvalue weighted by molar-refractivity contribution is -0.143. The maximum Gasteiger partial charge on any atom is 0.326 e. The lowest BCUT2D eigenvalue weighted by atomic mass is 10.0. The van der Waals surface area contributed by atoms with Gasteiger partial charge in [-0.2, -0.15) is 0 Å². The molecule has 1 unspecified atom stereocenters. The highest BCUT2D eigenvalue weighted by molar-refractivity contribution is 5.84. The second kappa shape index (κ2) is 7.97. The van der Waals surface area contributed by atoms with Gasteiger partial charge < -0.3 is 15.3 Å². The molecular formula is C17H25N3O3. The van der Waals surface area contributed by atoms with E-state index in [1.165, 1.54) is 5.69 Å². The quantitative estimate of drug-likeness (QED) is 0.819. The van der Waals surface area contributed by atoms with Crippen molar-refractivity contribution in [3.63, 3.8) is 0 Å². The van der Waals surface area contributed by atoms with Gasteiger partial charge in [0.1, 0.15) is 6.04 Å². The number of carboxylic acids is 1. The number of benzene rings is 1. The van der Waals surface area contributed by atoms with Crippen LogP contribution in [0.15, 0.2) is 30.3 Å². The highest BCUT2D eigenvalue weighted by Gasteiger charge is 2.25. The molecule has 6 heteroatoms. The number of rotatable bonds is 6. The Hall–Kier alpha value is -2.08. The van der Waals surface area contributed by atoms with Crippen LogP contribution < -0.4 is 10.2 Å². The van der Waals surface area contributed by atoms with E-state index < -0.39 is 12.0 Å². The maximum atomic E-state index is 12.1. The summed E-state index contributed by atoms with van der Waals surface area (Å²) in [6.07, 6.45) is 0. The molecule has 6 nitrogen and oxygen atoms in total. The summed E-state index contributed by atoms with van der Waals surface area (Å²) in [6.45, 7) is 7.14. The van der Waals surface area contributed by atoms with Gasteiger partial charge in [-0.05, 0) is 18.1 Å². The van der Waals surface area contributed by atoms with Gasteiger partial charge in [-0.3, -0.25) is 9.69 Å². The van der Waals surface area contributed by atoms with Crippen LogP contribution in [0.3, 0.4) is 0 Å². The summed E-state index contributed by atoms with van der Waals surface area (Å²) >= 11 is 0. The van der Waals surface area contributed by atoms with Gasteiger partial charge in [-0.1, -0.05) is 32.0 Å². The van der Waals surface area contributed by atoms with E-state index >= 15 is 0 Å². The van der Waals surface area contributed by atoms with Gasteiger partial charge in [-0.15, -0.1) is 0 Å². The minimum atomic E-state index is -0.984. The highest BCUT2D eigenvalue weighted by Crippen LogP contribution is 2.15. The zero-order valence-electron chi connectivity index (χ0n) is 13.7. The van der Waals surface area contributed by atoms with Gasteiger partial charge in [0.2, 0.25) is 5.91 Å². The molecule has 1 saturated heterocycles. The van der Waals surface area contributed by atoms with Crippen LogP contribution in [-0.2, 0) is 9.59 Å². The van der Waals surface area contributed by atoms with E-state index in [0.29, 0.717) is 0 Å². The van der Waals surface area contributed by atoms with Crippen molar-refractivity contribution in [1.82, 2.24) is 10.2 Å². The molecule has 0 bridgehead atoms. The molecule has 1 aliphatic heterocycles. The topological polar surface area (TPSA) is 72.9 Å². The Bertz CT molecular complexity index is 525. The van der Waals surface area contributed by atoms with Crippen molar-refractivity contribution in [3.05, 3.63) is 30.3 Å². The molecule has 1 aliphatic rings. The Kier molecular flexibility index (Phi) is 5.98. The molecule has 0 aliphatic carbocycles. The van der Waals surface area contributed by atoms with Gasteiger partial charge in [0, 0.05) is 31.9 Å². The Labute approximate surface area is 137 Å². The minimum Gasteiger partial charge on any atom is -0.480 e. The minimum absolute atomic E-state index is 0.133. The molecular weight excluding hydrogens is 294 g/mol. The molecule has 1 heterocycles. The summed E-state index contributed by atoms with van der Waals surface area (Å²) in [6, 6.07) is 9.39. The highest BCUT2D eigenvalue weighted by atomic mass is 16.4. The van der Waals surface area contributed by atoms with Gasteiger partial charge in [-0.25, -0.2) is 4.79 Å². The number of nitrogens with one attached hydrogen (secondary N) is 1. The van der Waals surface area contributed by atoms with E-state index in [4.69, 9.17) is 5.11 Å². The molecule has 23 heavy (non-hydrogen) atoms. The van der Waals surface area contributed by atoms with Crippen molar-refractivity contribution in [1.29, 1.82) is 0 Å². The zero-order valence-corrected chi connectivity index (χ0v) is 13.7. The Morgan fingerprint density at radius 3 is 2.26 bits per heavy atom. The smallest absolute Gasteiger partial charge is 0.326 e. The van der Waals surface area contributed by atoms with Gasteiger partial charge in [0.25, 0.3) is 0 Å². The van der Waals surface area contributed by atoms with E-state index in [0.717, 1.165) is 26.2 Å². The van der Waals surface area contributed by atoms with Gasteiger partial charge in [0.15, 0.2) is 0 Å². The largest absolute Gasteiger partial charge is 0.480 e. The molecule has 1 amide bonds.